The maximum atomic E-state index is 13.0. The smallest absolute Gasteiger partial charge is 0.307 e. The Morgan fingerprint density at radius 1 is 1.12 bits per heavy atom. The first-order chi connectivity index (χ1) is 15.4. The van der Waals surface area contributed by atoms with E-state index < -0.39 is 12.1 Å². The van der Waals surface area contributed by atoms with Crippen molar-refractivity contribution in [3.8, 4) is 11.3 Å². The van der Waals surface area contributed by atoms with Crippen LogP contribution in [-0.2, 0) is 20.7 Å². The van der Waals surface area contributed by atoms with E-state index in [1.165, 1.54) is 25.3 Å². The van der Waals surface area contributed by atoms with Crippen LogP contribution in [0.3, 0.4) is 0 Å². The van der Waals surface area contributed by atoms with E-state index in [9.17, 15) is 14.0 Å². The quantitative estimate of drug-likeness (QED) is 0.446. The summed E-state index contributed by atoms with van der Waals surface area (Å²) in [7, 11) is 0. The summed E-state index contributed by atoms with van der Waals surface area (Å²) in [5.74, 6) is -0.0992. The second-order valence-corrected chi connectivity index (χ2v) is 7.64. The number of carbonyl (C=O) groups is 2. The van der Waals surface area contributed by atoms with Crippen molar-refractivity contribution in [2.24, 2.45) is 0 Å². The minimum absolute atomic E-state index is 0.0183. The number of aromatic nitrogens is 1. The zero-order valence-electron chi connectivity index (χ0n) is 18.4. The molecule has 3 aromatic rings. The number of amides is 1. The van der Waals surface area contributed by atoms with Gasteiger partial charge in [0.15, 0.2) is 17.8 Å². The van der Waals surface area contributed by atoms with Gasteiger partial charge in [-0.25, -0.2) is 9.37 Å². The molecular weight excluding hydrogens is 411 g/mol. The summed E-state index contributed by atoms with van der Waals surface area (Å²) in [6, 6.07) is 13.5. The topological polar surface area (TPSA) is 81.4 Å². The van der Waals surface area contributed by atoms with Gasteiger partial charge in [-0.3, -0.25) is 9.59 Å². The lowest BCUT2D eigenvalue weighted by Gasteiger charge is -2.18. The van der Waals surface area contributed by atoms with E-state index in [0.717, 1.165) is 17.7 Å². The highest BCUT2D eigenvalue weighted by molar-refractivity contribution is 5.95. The second-order valence-electron chi connectivity index (χ2n) is 7.64. The highest BCUT2D eigenvalue weighted by Crippen LogP contribution is 2.26. The summed E-state index contributed by atoms with van der Waals surface area (Å²) in [6.07, 6.45) is 1.78. The van der Waals surface area contributed by atoms with Crippen LogP contribution in [0.5, 0.6) is 0 Å². The molecule has 0 aliphatic heterocycles. The first-order valence-electron chi connectivity index (χ1n) is 10.7. The monoisotopic (exact) mass is 438 g/mol. The van der Waals surface area contributed by atoms with Gasteiger partial charge in [-0.2, -0.15) is 0 Å². The molecule has 2 unspecified atom stereocenters. The number of nitrogens with one attached hydrogen (secondary N) is 1. The number of hydrogen-bond acceptors (Lipinski definition) is 5. The molecule has 2 aromatic carbocycles. The van der Waals surface area contributed by atoms with Crippen molar-refractivity contribution < 1.29 is 23.1 Å². The molecule has 0 radical (unpaired) electrons. The highest BCUT2D eigenvalue weighted by atomic mass is 19.1. The Kier molecular flexibility index (Phi) is 7.76. The zero-order chi connectivity index (χ0) is 23.1. The first-order valence-corrected chi connectivity index (χ1v) is 10.7. The van der Waals surface area contributed by atoms with Crippen LogP contribution in [-0.4, -0.2) is 23.0 Å². The molecular formula is C25H27FN2O4. The molecule has 0 saturated carbocycles. The Morgan fingerprint density at radius 3 is 2.56 bits per heavy atom. The molecule has 168 valence electrons. The van der Waals surface area contributed by atoms with Crippen molar-refractivity contribution in [3.05, 3.63) is 72.0 Å². The van der Waals surface area contributed by atoms with Crippen LogP contribution < -0.4 is 5.32 Å². The number of aryl methyl sites for hydroxylation is 1. The van der Waals surface area contributed by atoms with Crippen molar-refractivity contribution >= 4 is 17.6 Å². The number of para-hydroxylation sites is 1. The number of carbonyl (C=O) groups excluding carboxylic acids is 2. The third kappa shape index (κ3) is 6.03. The number of halogens is 1. The van der Waals surface area contributed by atoms with Gasteiger partial charge in [-0.05, 0) is 55.2 Å². The lowest BCUT2D eigenvalue weighted by Crippen LogP contribution is -2.30. The number of rotatable bonds is 9. The Morgan fingerprint density at radius 2 is 1.84 bits per heavy atom. The molecule has 0 bridgehead atoms. The van der Waals surface area contributed by atoms with Gasteiger partial charge in [-0.15, -0.1) is 0 Å². The summed E-state index contributed by atoms with van der Waals surface area (Å²) in [4.78, 5) is 28.9. The number of anilines is 1. The molecule has 1 N–H and O–H groups in total. The molecule has 32 heavy (non-hydrogen) atoms. The van der Waals surface area contributed by atoms with E-state index in [1.54, 1.807) is 12.1 Å². The van der Waals surface area contributed by atoms with E-state index in [4.69, 9.17) is 9.15 Å². The third-order valence-corrected chi connectivity index (χ3v) is 5.26. The van der Waals surface area contributed by atoms with Crippen LogP contribution in [0.2, 0.25) is 0 Å². The van der Waals surface area contributed by atoms with E-state index in [-0.39, 0.29) is 24.6 Å². The Labute approximate surface area is 186 Å². The van der Waals surface area contributed by atoms with Crippen molar-refractivity contribution in [2.45, 2.75) is 52.1 Å². The summed E-state index contributed by atoms with van der Waals surface area (Å²) >= 11 is 0. The molecule has 1 aromatic heterocycles. The molecule has 7 heteroatoms. The SMILES string of the molecule is CCC(C)c1ccccc1NC(=O)C(C)OC(=O)CCc1ncc(-c2ccc(F)cc2)o1. The number of esters is 1. The molecule has 1 heterocycles. The maximum absolute atomic E-state index is 13.0. The van der Waals surface area contributed by atoms with E-state index in [0.29, 0.717) is 23.1 Å². The summed E-state index contributed by atoms with van der Waals surface area (Å²) in [5.41, 5.74) is 2.46. The van der Waals surface area contributed by atoms with E-state index >= 15 is 0 Å². The van der Waals surface area contributed by atoms with E-state index in [2.05, 4.69) is 24.1 Å². The fraction of sp³-hybridized carbons (Fsp3) is 0.320. The molecule has 1 amide bonds. The highest BCUT2D eigenvalue weighted by Gasteiger charge is 2.20. The third-order valence-electron chi connectivity index (χ3n) is 5.26. The van der Waals surface area contributed by atoms with E-state index in [1.807, 2.05) is 24.3 Å². The minimum Gasteiger partial charge on any atom is -0.453 e. The van der Waals surface area contributed by atoms with Crippen LogP contribution in [0.1, 0.15) is 51.0 Å². The lowest BCUT2D eigenvalue weighted by molar-refractivity contribution is -0.153. The number of hydrogen-bond donors (Lipinski definition) is 1. The Hall–Kier alpha value is -3.48. The van der Waals surface area contributed by atoms with Gasteiger partial charge < -0.3 is 14.5 Å². The number of ether oxygens (including phenoxy) is 1. The summed E-state index contributed by atoms with van der Waals surface area (Å²) < 4.78 is 23.9. The number of oxazole rings is 1. The molecule has 3 rings (SSSR count). The average molecular weight is 438 g/mol. The van der Waals surface area contributed by atoms with Gasteiger partial charge in [-0.1, -0.05) is 32.0 Å². The molecule has 0 aliphatic carbocycles. The maximum Gasteiger partial charge on any atom is 0.307 e. The van der Waals surface area contributed by atoms with Gasteiger partial charge in [0.2, 0.25) is 0 Å². The van der Waals surface area contributed by atoms with Crippen molar-refractivity contribution in [3.63, 3.8) is 0 Å². The normalized spacial score (nSPS) is 12.8. The molecule has 6 nitrogen and oxygen atoms in total. The van der Waals surface area contributed by atoms with Gasteiger partial charge >= 0.3 is 5.97 Å². The molecule has 0 aliphatic rings. The van der Waals surface area contributed by atoms with Gasteiger partial charge in [0, 0.05) is 17.7 Å². The average Bonchev–Trinajstić information content (AvgIpc) is 3.27. The predicted octanol–water partition coefficient (Wildman–Crippen LogP) is 5.50. The van der Waals surface area contributed by atoms with Gasteiger partial charge in [0.1, 0.15) is 5.82 Å². The number of nitrogens with zero attached hydrogens (tertiary/aromatic N) is 1. The van der Waals surface area contributed by atoms with Crippen LogP contribution in [0.15, 0.2) is 59.1 Å². The number of benzene rings is 2. The van der Waals surface area contributed by atoms with Gasteiger partial charge in [0.25, 0.3) is 5.91 Å². The summed E-state index contributed by atoms with van der Waals surface area (Å²) in [5, 5.41) is 2.86. The van der Waals surface area contributed by atoms with Crippen LogP contribution in [0.25, 0.3) is 11.3 Å². The molecule has 2 atom stereocenters. The fourth-order valence-corrected chi connectivity index (χ4v) is 3.19. The summed E-state index contributed by atoms with van der Waals surface area (Å²) in [6.45, 7) is 5.72. The second kappa shape index (κ2) is 10.7. The first kappa shape index (κ1) is 23.2. The van der Waals surface area contributed by atoms with Crippen molar-refractivity contribution in [2.75, 3.05) is 5.32 Å². The Bertz CT molecular complexity index is 1060. The van der Waals surface area contributed by atoms with Gasteiger partial charge in [0.05, 0.1) is 12.6 Å². The fourth-order valence-electron chi connectivity index (χ4n) is 3.19. The molecule has 0 fully saturated rings. The van der Waals surface area contributed by atoms with Crippen LogP contribution >= 0.6 is 0 Å². The zero-order valence-corrected chi connectivity index (χ0v) is 18.4. The largest absolute Gasteiger partial charge is 0.453 e. The van der Waals surface area contributed by atoms with Crippen molar-refractivity contribution in [1.82, 2.24) is 4.98 Å². The minimum atomic E-state index is -0.938. The lowest BCUT2D eigenvalue weighted by atomic mass is 9.97. The van der Waals surface area contributed by atoms with Crippen LogP contribution in [0.4, 0.5) is 10.1 Å². The Balaban J connectivity index is 1.51. The standard InChI is InChI=1S/C25H27FN2O4/c1-4-16(2)20-7-5-6-8-21(20)28-25(30)17(3)31-24(29)14-13-23-27-15-22(32-23)18-9-11-19(26)12-10-18/h5-12,15-17H,4,13-14H2,1-3H3,(H,28,30). The molecule has 0 spiro atoms. The van der Waals surface area contributed by atoms with Crippen molar-refractivity contribution in [1.29, 1.82) is 0 Å². The van der Waals surface area contributed by atoms with Crippen LogP contribution in [0, 0.1) is 5.82 Å². The molecule has 0 saturated heterocycles. The predicted molar refractivity (Wildman–Crippen MR) is 120 cm³/mol.